The third kappa shape index (κ3) is 2.68. The smallest absolute Gasteiger partial charge is 0.218 e. The van der Waals surface area contributed by atoms with Gasteiger partial charge in [0.1, 0.15) is 18.3 Å². The van der Waals surface area contributed by atoms with E-state index in [9.17, 15) is 4.79 Å². The van der Waals surface area contributed by atoms with Crippen LogP contribution in [-0.4, -0.2) is 54.7 Å². The first-order valence-corrected chi connectivity index (χ1v) is 7.25. The summed E-state index contributed by atoms with van der Waals surface area (Å²) < 4.78 is 29.7. The molecule has 3 aliphatic rings. The van der Waals surface area contributed by atoms with Crippen LogP contribution in [0.15, 0.2) is 0 Å². The predicted molar refractivity (Wildman–Crippen MR) is 71.2 cm³/mol. The van der Waals surface area contributed by atoms with Gasteiger partial charge >= 0.3 is 0 Å². The Balaban J connectivity index is 1.86. The van der Waals surface area contributed by atoms with E-state index in [2.05, 4.69) is 5.32 Å². The van der Waals surface area contributed by atoms with E-state index in [-0.39, 0.29) is 24.7 Å². The normalized spacial score (nSPS) is 43.2. The summed E-state index contributed by atoms with van der Waals surface area (Å²) in [6, 6.07) is 0. The maximum atomic E-state index is 11.2. The van der Waals surface area contributed by atoms with E-state index >= 15 is 0 Å². The molecule has 3 aliphatic heterocycles. The van der Waals surface area contributed by atoms with Gasteiger partial charge in [-0.25, -0.2) is 0 Å². The maximum Gasteiger partial charge on any atom is 0.218 e. The van der Waals surface area contributed by atoms with Crippen LogP contribution in [0.1, 0.15) is 34.6 Å². The molecule has 0 unspecified atom stereocenters. The van der Waals surface area contributed by atoms with Crippen LogP contribution in [0.3, 0.4) is 0 Å². The number of hydrogen-bond acceptors (Lipinski definition) is 6. The second-order valence-corrected chi connectivity index (χ2v) is 6.71. The summed E-state index contributed by atoms with van der Waals surface area (Å²) in [5.41, 5.74) is 0. The zero-order valence-electron chi connectivity index (χ0n) is 13.1. The van der Waals surface area contributed by atoms with Crippen LogP contribution < -0.4 is 5.32 Å². The monoisotopic (exact) mass is 301 g/mol. The number of carbonyl (C=O) groups excluding carboxylic acids is 1. The SMILES string of the molecule is CC(=O)NC[C@@]12OC[C@H]3OC(C)(C)O[C@H]3[C@@H]1OC(C)(C)O2. The average molecular weight is 301 g/mol. The van der Waals surface area contributed by atoms with Gasteiger partial charge in [0.25, 0.3) is 0 Å². The highest BCUT2D eigenvalue weighted by molar-refractivity contribution is 5.72. The molecule has 3 fully saturated rings. The van der Waals surface area contributed by atoms with Gasteiger partial charge in [-0.05, 0) is 27.7 Å². The van der Waals surface area contributed by atoms with Crippen LogP contribution in [-0.2, 0) is 28.5 Å². The van der Waals surface area contributed by atoms with Gasteiger partial charge in [0.15, 0.2) is 11.6 Å². The second-order valence-electron chi connectivity index (χ2n) is 6.71. The molecule has 0 aromatic heterocycles. The minimum atomic E-state index is -1.04. The largest absolute Gasteiger partial charge is 0.351 e. The van der Waals surface area contributed by atoms with E-state index in [4.69, 9.17) is 23.7 Å². The van der Waals surface area contributed by atoms with E-state index in [1.807, 2.05) is 27.7 Å². The minimum Gasteiger partial charge on any atom is -0.351 e. The molecule has 7 nitrogen and oxygen atoms in total. The Morgan fingerprint density at radius 2 is 1.86 bits per heavy atom. The fraction of sp³-hybridized carbons (Fsp3) is 0.929. The summed E-state index contributed by atoms with van der Waals surface area (Å²) in [7, 11) is 0. The van der Waals surface area contributed by atoms with Crippen molar-refractivity contribution in [1.29, 1.82) is 0 Å². The molecule has 0 aliphatic carbocycles. The van der Waals surface area contributed by atoms with E-state index in [0.717, 1.165) is 0 Å². The summed E-state index contributed by atoms with van der Waals surface area (Å²) in [4.78, 5) is 11.2. The highest BCUT2D eigenvalue weighted by Gasteiger charge is 2.65. The summed E-state index contributed by atoms with van der Waals surface area (Å²) >= 11 is 0. The fourth-order valence-corrected chi connectivity index (χ4v) is 3.23. The van der Waals surface area contributed by atoms with Gasteiger partial charge in [-0.15, -0.1) is 0 Å². The Morgan fingerprint density at radius 3 is 2.52 bits per heavy atom. The molecule has 4 atom stereocenters. The molecule has 0 saturated carbocycles. The van der Waals surface area contributed by atoms with Crippen LogP contribution in [0.4, 0.5) is 0 Å². The van der Waals surface area contributed by atoms with Gasteiger partial charge in [0.2, 0.25) is 11.7 Å². The number of nitrogens with one attached hydrogen (secondary N) is 1. The maximum absolute atomic E-state index is 11.2. The Morgan fingerprint density at radius 1 is 1.14 bits per heavy atom. The molecule has 3 saturated heterocycles. The molecular formula is C14H23NO6. The topological polar surface area (TPSA) is 75.3 Å². The van der Waals surface area contributed by atoms with Crippen molar-refractivity contribution in [3.05, 3.63) is 0 Å². The molecule has 21 heavy (non-hydrogen) atoms. The first kappa shape index (κ1) is 15.2. The van der Waals surface area contributed by atoms with Gasteiger partial charge in [-0.2, -0.15) is 0 Å². The molecule has 1 N–H and O–H groups in total. The quantitative estimate of drug-likeness (QED) is 0.801. The zero-order valence-corrected chi connectivity index (χ0v) is 13.1. The summed E-state index contributed by atoms with van der Waals surface area (Å²) in [6.45, 7) is 9.37. The Kier molecular flexibility index (Phi) is 3.35. The van der Waals surface area contributed by atoms with Crippen LogP contribution in [0.25, 0.3) is 0 Å². The first-order chi connectivity index (χ1) is 9.63. The molecule has 0 aromatic carbocycles. The molecule has 3 heterocycles. The van der Waals surface area contributed by atoms with Crippen LogP contribution in [0.5, 0.6) is 0 Å². The molecule has 0 spiro atoms. The molecular weight excluding hydrogens is 278 g/mol. The highest BCUT2D eigenvalue weighted by atomic mass is 16.9. The first-order valence-electron chi connectivity index (χ1n) is 7.25. The minimum absolute atomic E-state index is 0.147. The number of amides is 1. The summed E-state index contributed by atoms with van der Waals surface area (Å²) in [5.74, 6) is -2.68. The lowest BCUT2D eigenvalue weighted by atomic mass is 9.97. The number of carbonyl (C=O) groups is 1. The van der Waals surface area contributed by atoms with Crippen molar-refractivity contribution in [3.63, 3.8) is 0 Å². The summed E-state index contributed by atoms with van der Waals surface area (Å²) in [5, 5.41) is 2.75. The molecule has 3 rings (SSSR count). The van der Waals surface area contributed by atoms with Crippen molar-refractivity contribution in [1.82, 2.24) is 5.32 Å². The number of ether oxygens (including phenoxy) is 5. The molecule has 1 amide bonds. The van der Waals surface area contributed by atoms with Crippen LogP contribution in [0, 0.1) is 0 Å². The number of fused-ring (bicyclic) bond motifs is 3. The molecule has 0 aromatic rings. The third-order valence-electron chi connectivity index (χ3n) is 3.86. The van der Waals surface area contributed by atoms with Crippen molar-refractivity contribution < 1.29 is 28.5 Å². The standard InChI is InChI=1S/C14H23NO6/c1-8(16)15-7-14-11(20-13(4,5)21-14)10-9(6-17-14)18-12(2,3)19-10/h9-11H,6-7H2,1-5H3,(H,15,16)/t9-,10-,11+,14+/m1/s1. The van der Waals surface area contributed by atoms with Gasteiger partial charge in [0.05, 0.1) is 13.2 Å². The molecule has 120 valence electrons. The van der Waals surface area contributed by atoms with Gasteiger partial charge in [-0.3, -0.25) is 4.79 Å². The van der Waals surface area contributed by atoms with Gasteiger partial charge in [0, 0.05) is 6.92 Å². The van der Waals surface area contributed by atoms with E-state index < -0.39 is 23.5 Å². The highest BCUT2D eigenvalue weighted by Crippen LogP contribution is 2.47. The third-order valence-corrected chi connectivity index (χ3v) is 3.86. The lowest BCUT2D eigenvalue weighted by molar-refractivity contribution is -0.277. The van der Waals surface area contributed by atoms with E-state index in [1.165, 1.54) is 6.92 Å². The Labute approximate surface area is 124 Å². The van der Waals surface area contributed by atoms with Gasteiger partial charge in [-0.1, -0.05) is 0 Å². The molecule has 0 bridgehead atoms. The zero-order chi connectivity index (χ0) is 15.5. The van der Waals surface area contributed by atoms with E-state index in [0.29, 0.717) is 6.61 Å². The van der Waals surface area contributed by atoms with Crippen molar-refractivity contribution in [2.75, 3.05) is 13.2 Å². The van der Waals surface area contributed by atoms with E-state index in [1.54, 1.807) is 0 Å². The van der Waals surface area contributed by atoms with Crippen molar-refractivity contribution >= 4 is 5.91 Å². The molecule has 7 heteroatoms. The van der Waals surface area contributed by atoms with Crippen LogP contribution in [0.2, 0.25) is 0 Å². The lowest BCUT2D eigenvalue weighted by Crippen LogP contribution is -2.62. The van der Waals surface area contributed by atoms with Crippen molar-refractivity contribution in [2.24, 2.45) is 0 Å². The van der Waals surface area contributed by atoms with Crippen molar-refractivity contribution in [3.8, 4) is 0 Å². The average Bonchev–Trinajstić information content (AvgIpc) is 2.78. The number of rotatable bonds is 2. The van der Waals surface area contributed by atoms with Crippen molar-refractivity contribution in [2.45, 2.75) is 70.3 Å². The fourth-order valence-electron chi connectivity index (χ4n) is 3.23. The number of hydrogen-bond donors (Lipinski definition) is 1. The Hall–Kier alpha value is -0.730. The predicted octanol–water partition coefficient (Wildman–Crippen LogP) is 0.521. The lowest BCUT2D eigenvalue weighted by Gasteiger charge is -2.40. The molecule has 0 radical (unpaired) electrons. The summed E-state index contributed by atoms with van der Waals surface area (Å²) in [6.07, 6.45) is -0.947. The van der Waals surface area contributed by atoms with Crippen LogP contribution >= 0.6 is 0 Å². The second kappa shape index (κ2) is 4.63. The van der Waals surface area contributed by atoms with Gasteiger partial charge < -0.3 is 29.0 Å². The Bertz CT molecular complexity index is 451.